The van der Waals surface area contributed by atoms with Gasteiger partial charge >= 0.3 is 24.9 Å². The topological polar surface area (TPSA) is 127 Å². The van der Waals surface area contributed by atoms with Gasteiger partial charge in [-0.2, -0.15) is 0 Å². The van der Waals surface area contributed by atoms with Crippen molar-refractivity contribution in [1.29, 1.82) is 0 Å². The zero-order valence-electron chi connectivity index (χ0n) is 8.27. The van der Waals surface area contributed by atoms with Crippen LogP contribution in [0.25, 0.3) is 0 Å². The van der Waals surface area contributed by atoms with Crippen molar-refractivity contribution in [3.63, 3.8) is 0 Å². The minimum Gasteiger partial charge on any atom is -0.456 e. The van der Waals surface area contributed by atoms with E-state index in [2.05, 4.69) is 9.47 Å². The summed E-state index contributed by atoms with van der Waals surface area (Å²) in [5.41, 5.74) is 0. The summed E-state index contributed by atoms with van der Waals surface area (Å²) in [6, 6.07) is 0. The van der Waals surface area contributed by atoms with Crippen LogP contribution < -0.4 is 0 Å². The van der Waals surface area contributed by atoms with Gasteiger partial charge in [-0.15, -0.1) is 17.6 Å². The first-order chi connectivity index (χ1) is 8.09. The van der Waals surface area contributed by atoms with E-state index >= 15 is 0 Å². The Balaban J connectivity index is -0.000000233. The lowest BCUT2D eigenvalue weighted by Crippen LogP contribution is -2.07. The van der Waals surface area contributed by atoms with Crippen molar-refractivity contribution in [3.8, 4) is 0 Å². The maximum Gasteiger partial charge on any atom is 0.495 e. The second-order valence-electron chi connectivity index (χ2n) is 1.68. The molecule has 0 aromatic carbocycles. The largest absolute Gasteiger partial charge is 0.495 e. The van der Waals surface area contributed by atoms with Crippen LogP contribution in [0.1, 0.15) is 0 Å². The number of rotatable bonds is 3. The first-order valence-corrected chi connectivity index (χ1v) is 3.51. The molecular weight excluding hydrogens is 276 g/mol. The van der Waals surface area contributed by atoms with Crippen LogP contribution >= 0.6 is 0 Å². The number of hydrogen-bond donors (Lipinski definition) is 2. The van der Waals surface area contributed by atoms with E-state index in [0.717, 1.165) is 0 Å². The molecule has 2 N–H and O–H groups in total. The molecule has 0 saturated heterocycles. The van der Waals surface area contributed by atoms with Gasteiger partial charge in [-0.1, -0.05) is 0 Å². The van der Waals surface area contributed by atoms with Crippen molar-refractivity contribution >= 4 is 24.9 Å². The highest BCUT2D eigenvalue weighted by molar-refractivity contribution is 5.58. The van der Waals surface area contributed by atoms with Crippen molar-refractivity contribution in [1.82, 2.24) is 0 Å². The van der Waals surface area contributed by atoms with Gasteiger partial charge in [0.2, 0.25) is 0 Å². The summed E-state index contributed by atoms with van der Waals surface area (Å²) in [7, 11) is 0. The summed E-state index contributed by atoms with van der Waals surface area (Å²) in [5, 5.41) is 13.5. The Hall–Kier alpha value is -2.40. The van der Waals surface area contributed by atoms with Crippen molar-refractivity contribution in [2.24, 2.45) is 0 Å². The molecule has 18 heavy (non-hydrogen) atoms. The highest BCUT2D eigenvalue weighted by Gasteiger charge is 1.99. The minimum atomic E-state index is -2.33. The molecule has 0 aromatic heterocycles. The smallest absolute Gasteiger partial charge is 0.456 e. The monoisotopic (exact) mass is 282 g/mol. The Morgan fingerprint density at radius 1 is 0.722 bits per heavy atom. The van der Waals surface area contributed by atoms with E-state index in [0.29, 0.717) is 0 Å². The maximum atomic E-state index is 11.1. The molecule has 12 heteroatoms. The summed E-state index contributed by atoms with van der Waals surface area (Å²) < 4.78 is 49.4. The Kier molecular flexibility index (Phi) is 17.0. The molecule has 0 rings (SSSR count). The van der Waals surface area contributed by atoms with Gasteiger partial charge in [0, 0.05) is 0 Å². The number of halogens is 4. The lowest BCUT2D eigenvalue weighted by molar-refractivity contribution is 0.0724. The second kappa shape index (κ2) is 14.6. The maximum absolute atomic E-state index is 11.1. The first-order valence-electron chi connectivity index (χ1n) is 3.51. The number of ether oxygens (including phenoxy) is 2. The molecule has 8 nitrogen and oxygen atoms in total. The first kappa shape index (κ1) is 20.9. The van der Waals surface area contributed by atoms with Crippen LogP contribution in [0.2, 0.25) is 0 Å². The summed E-state index contributed by atoms with van der Waals surface area (Å²) in [4.78, 5) is 35.4. The average molecular weight is 282 g/mol. The zero-order valence-corrected chi connectivity index (χ0v) is 8.27. The number of carbonyl (C=O) groups is 4. The van der Waals surface area contributed by atoms with Gasteiger partial charge in [-0.25, -0.2) is 19.2 Å². The Morgan fingerprint density at radius 3 is 1.00 bits per heavy atom. The van der Waals surface area contributed by atoms with Gasteiger partial charge in [0.25, 0.3) is 0 Å². The van der Waals surface area contributed by atoms with Gasteiger partial charge in [-0.3, -0.25) is 0 Å². The van der Waals surface area contributed by atoms with Crippen molar-refractivity contribution in [3.05, 3.63) is 0 Å². The van der Waals surface area contributed by atoms with Crippen molar-refractivity contribution < 1.29 is 56.4 Å². The highest BCUT2D eigenvalue weighted by Crippen LogP contribution is 1.85. The number of hydrogen-bond acceptors (Lipinski definition) is 6. The number of carboxylic acid groups (broad SMARTS) is 2. The SMILES string of the molecule is O=C(F)OCCOC(=O)F.O=C(O)F.O=C(O)F. The van der Waals surface area contributed by atoms with E-state index in [1.807, 2.05) is 0 Å². The van der Waals surface area contributed by atoms with Crippen LogP contribution in [-0.4, -0.2) is 48.3 Å². The predicted octanol–water partition coefficient (Wildman–Crippen LogP) is 2.47. The molecule has 0 aromatic rings. The molecule has 0 bridgehead atoms. The summed E-state index contributed by atoms with van der Waals surface area (Å²) in [6.07, 6.45) is -8.65. The summed E-state index contributed by atoms with van der Waals surface area (Å²) >= 11 is 0. The third-order valence-electron chi connectivity index (χ3n) is 0.514. The van der Waals surface area contributed by atoms with Gasteiger partial charge in [-0.05, 0) is 0 Å². The van der Waals surface area contributed by atoms with Gasteiger partial charge < -0.3 is 19.7 Å². The zero-order chi connectivity index (χ0) is 15.1. The molecular formula is C6H6F4O8. The molecule has 0 radical (unpaired) electrons. The fourth-order valence-electron chi connectivity index (χ4n) is 0.244. The molecule has 0 aliphatic carbocycles. The minimum absolute atomic E-state index is 0.481. The van der Waals surface area contributed by atoms with Crippen LogP contribution in [0.15, 0.2) is 0 Å². The molecule has 0 amide bonds. The molecule has 106 valence electrons. The third kappa shape index (κ3) is 102. The lowest BCUT2D eigenvalue weighted by Gasteiger charge is -1.96. The van der Waals surface area contributed by atoms with E-state index in [4.69, 9.17) is 19.8 Å². The average Bonchev–Trinajstić information content (AvgIpc) is 2.09. The molecule has 0 heterocycles. The molecule has 0 unspecified atom stereocenters. The predicted molar refractivity (Wildman–Crippen MR) is 43.2 cm³/mol. The summed E-state index contributed by atoms with van der Waals surface area (Å²) in [5.74, 6) is 0. The van der Waals surface area contributed by atoms with E-state index in [9.17, 15) is 27.2 Å². The van der Waals surface area contributed by atoms with E-state index < -0.39 is 38.1 Å². The quantitative estimate of drug-likeness (QED) is 0.459. The van der Waals surface area contributed by atoms with Crippen LogP contribution in [0.3, 0.4) is 0 Å². The molecule has 0 aliphatic heterocycles. The molecule has 0 fully saturated rings. The number of carbonyl (C=O) groups excluding carboxylic acids is 2. The van der Waals surface area contributed by atoms with E-state index in [-0.39, 0.29) is 0 Å². The fourth-order valence-corrected chi connectivity index (χ4v) is 0.244. The second-order valence-corrected chi connectivity index (χ2v) is 1.68. The molecule has 0 spiro atoms. The van der Waals surface area contributed by atoms with Crippen molar-refractivity contribution in [2.75, 3.05) is 13.2 Å². The molecule has 0 atom stereocenters. The Morgan fingerprint density at radius 2 is 0.889 bits per heavy atom. The van der Waals surface area contributed by atoms with Crippen LogP contribution in [0, 0.1) is 0 Å². The Bertz CT molecular complexity index is 245. The molecule has 0 saturated carbocycles. The summed E-state index contributed by atoms with van der Waals surface area (Å²) in [6.45, 7) is -0.962. The van der Waals surface area contributed by atoms with Crippen LogP contribution in [-0.2, 0) is 9.47 Å². The van der Waals surface area contributed by atoms with E-state index in [1.54, 1.807) is 0 Å². The van der Waals surface area contributed by atoms with Crippen LogP contribution in [0.4, 0.5) is 36.7 Å². The van der Waals surface area contributed by atoms with Gasteiger partial charge in [0.05, 0.1) is 0 Å². The molecule has 0 aliphatic rings. The van der Waals surface area contributed by atoms with Gasteiger partial charge in [0.1, 0.15) is 13.2 Å². The normalized spacial score (nSPS) is 7.56. The fraction of sp³-hybridized carbons (Fsp3) is 0.333. The Labute approximate surface area is 95.7 Å². The standard InChI is InChI=1S/C4H4F2O4.2CHFO2/c5-3(7)9-1-2-10-4(6)8;2*2-1(3)4/h1-2H2;2*(H,3,4). The highest BCUT2D eigenvalue weighted by atomic mass is 19.2. The van der Waals surface area contributed by atoms with Gasteiger partial charge in [0.15, 0.2) is 0 Å². The van der Waals surface area contributed by atoms with E-state index in [1.165, 1.54) is 0 Å². The lowest BCUT2D eigenvalue weighted by atomic mass is 10.8. The third-order valence-corrected chi connectivity index (χ3v) is 0.514. The van der Waals surface area contributed by atoms with Crippen molar-refractivity contribution in [2.45, 2.75) is 0 Å². The van der Waals surface area contributed by atoms with Crippen LogP contribution in [0.5, 0.6) is 0 Å².